The van der Waals surface area contributed by atoms with Crippen LogP contribution in [0.15, 0.2) is 48.5 Å². The third-order valence-electron chi connectivity index (χ3n) is 4.31. The van der Waals surface area contributed by atoms with E-state index in [0.717, 1.165) is 0 Å². The maximum atomic E-state index is 12.8. The number of hydrogen-bond donors (Lipinski definition) is 2. The predicted molar refractivity (Wildman–Crippen MR) is 107 cm³/mol. The van der Waals surface area contributed by atoms with Gasteiger partial charge in [-0.2, -0.15) is 0 Å². The van der Waals surface area contributed by atoms with E-state index in [1.807, 2.05) is 18.2 Å². The molecule has 2 aromatic carbocycles. The SMILES string of the molecule is CC(=O)Nc1cccc(NC(=O)CCN2C(=O)C(C)(C)Oc3ccccc32)c1. The van der Waals surface area contributed by atoms with Crippen molar-refractivity contribution in [1.29, 1.82) is 0 Å². The molecule has 1 aliphatic rings. The summed E-state index contributed by atoms with van der Waals surface area (Å²) in [4.78, 5) is 37.9. The van der Waals surface area contributed by atoms with Crippen LogP contribution in [0.4, 0.5) is 17.1 Å². The number of carbonyl (C=O) groups excluding carboxylic acids is 3. The number of anilines is 3. The van der Waals surface area contributed by atoms with Gasteiger partial charge in [0.1, 0.15) is 5.75 Å². The summed E-state index contributed by atoms with van der Waals surface area (Å²) in [6.45, 7) is 5.08. The highest BCUT2D eigenvalue weighted by Crippen LogP contribution is 2.37. The molecule has 0 unspecified atom stereocenters. The number of nitrogens with one attached hydrogen (secondary N) is 2. The van der Waals surface area contributed by atoms with Crippen molar-refractivity contribution in [3.63, 3.8) is 0 Å². The fourth-order valence-electron chi connectivity index (χ4n) is 3.06. The average molecular weight is 381 g/mol. The van der Waals surface area contributed by atoms with Crippen LogP contribution in [0.25, 0.3) is 0 Å². The van der Waals surface area contributed by atoms with Gasteiger partial charge in [-0.05, 0) is 44.2 Å². The number of nitrogens with zero attached hydrogens (tertiary/aromatic N) is 1. The first-order valence-corrected chi connectivity index (χ1v) is 9.04. The van der Waals surface area contributed by atoms with Gasteiger partial charge in [0.15, 0.2) is 5.60 Å². The second kappa shape index (κ2) is 7.72. The van der Waals surface area contributed by atoms with Crippen LogP contribution in [0, 0.1) is 0 Å². The van der Waals surface area contributed by atoms with E-state index in [9.17, 15) is 14.4 Å². The van der Waals surface area contributed by atoms with Gasteiger partial charge < -0.3 is 20.3 Å². The Balaban J connectivity index is 1.67. The highest BCUT2D eigenvalue weighted by Gasteiger charge is 2.40. The van der Waals surface area contributed by atoms with E-state index in [4.69, 9.17) is 4.74 Å². The first-order valence-electron chi connectivity index (χ1n) is 9.04. The number of benzene rings is 2. The number of ether oxygens (including phenoxy) is 1. The summed E-state index contributed by atoms with van der Waals surface area (Å²) in [7, 11) is 0. The molecule has 1 heterocycles. The first-order chi connectivity index (χ1) is 13.3. The smallest absolute Gasteiger partial charge is 0.270 e. The van der Waals surface area contributed by atoms with Crippen LogP contribution in [0.2, 0.25) is 0 Å². The van der Waals surface area contributed by atoms with E-state index in [-0.39, 0.29) is 30.7 Å². The molecular weight excluding hydrogens is 358 g/mol. The Hall–Kier alpha value is -3.35. The van der Waals surface area contributed by atoms with Crippen LogP contribution < -0.4 is 20.3 Å². The van der Waals surface area contributed by atoms with Crippen molar-refractivity contribution in [3.8, 4) is 5.75 Å². The van der Waals surface area contributed by atoms with Gasteiger partial charge in [0.25, 0.3) is 5.91 Å². The Morgan fingerprint density at radius 1 is 1.04 bits per heavy atom. The van der Waals surface area contributed by atoms with Gasteiger partial charge in [0.2, 0.25) is 11.8 Å². The topological polar surface area (TPSA) is 87.7 Å². The monoisotopic (exact) mass is 381 g/mol. The number of carbonyl (C=O) groups is 3. The van der Waals surface area contributed by atoms with Gasteiger partial charge >= 0.3 is 0 Å². The van der Waals surface area contributed by atoms with Crippen molar-refractivity contribution in [2.24, 2.45) is 0 Å². The van der Waals surface area contributed by atoms with Gasteiger partial charge in [0, 0.05) is 31.3 Å². The van der Waals surface area contributed by atoms with Crippen LogP contribution in [-0.2, 0) is 14.4 Å². The zero-order valence-corrected chi connectivity index (χ0v) is 16.1. The minimum atomic E-state index is -0.989. The summed E-state index contributed by atoms with van der Waals surface area (Å²) in [5.74, 6) is 0.0207. The van der Waals surface area contributed by atoms with Crippen molar-refractivity contribution in [3.05, 3.63) is 48.5 Å². The molecule has 0 aliphatic carbocycles. The van der Waals surface area contributed by atoms with Crippen molar-refractivity contribution >= 4 is 34.8 Å². The van der Waals surface area contributed by atoms with Crippen LogP contribution in [0.1, 0.15) is 27.2 Å². The van der Waals surface area contributed by atoms with Crippen LogP contribution >= 0.6 is 0 Å². The quantitative estimate of drug-likeness (QED) is 0.833. The summed E-state index contributed by atoms with van der Waals surface area (Å²) in [6.07, 6.45) is 0.126. The van der Waals surface area contributed by atoms with E-state index in [0.29, 0.717) is 22.8 Å². The van der Waals surface area contributed by atoms with E-state index in [2.05, 4.69) is 10.6 Å². The van der Waals surface area contributed by atoms with Crippen molar-refractivity contribution in [1.82, 2.24) is 0 Å². The largest absolute Gasteiger partial charge is 0.476 e. The highest BCUT2D eigenvalue weighted by atomic mass is 16.5. The molecule has 3 amide bonds. The molecule has 0 fully saturated rings. The van der Waals surface area contributed by atoms with Crippen LogP contribution in [0.3, 0.4) is 0 Å². The number of hydrogen-bond acceptors (Lipinski definition) is 4. The number of fused-ring (bicyclic) bond motifs is 1. The summed E-state index contributed by atoms with van der Waals surface area (Å²) < 4.78 is 5.78. The molecule has 7 heteroatoms. The fraction of sp³-hybridized carbons (Fsp3) is 0.286. The number of rotatable bonds is 5. The molecular formula is C21H23N3O4. The summed E-state index contributed by atoms with van der Waals surface area (Å²) >= 11 is 0. The van der Waals surface area contributed by atoms with E-state index in [1.165, 1.54) is 6.92 Å². The van der Waals surface area contributed by atoms with E-state index >= 15 is 0 Å². The van der Waals surface area contributed by atoms with Crippen molar-refractivity contribution < 1.29 is 19.1 Å². The summed E-state index contributed by atoms with van der Waals surface area (Å²) in [5, 5.41) is 5.47. The third-order valence-corrected chi connectivity index (χ3v) is 4.31. The van der Waals surface area contributed by atoms with Gasteiger partial charge in [0.05, 0.1) is 5.69 Å². The molecule has 0 aromatic heterocycles. The zero-order chi connectivity index (χ0) is 20.3. The third kappa shape index (κ3) is 4.31. The van der Waals surface area contributed by atoms with E-state index in [1.54, 1.807) is 49.1 Å². The minimum Gasteiger partial charge on any atom is -0.476 e. The molecule has 2 N–H and O–H groups in total. The summed E-state index contributed by atoms with van der Waals surface area (Å²) in [5.41, 5.74) is 0.847. The molecule has 0 spiro atoms. The standard InChI is InChI=1S/C21H23N3O4/c1-14(25)22-15-7-6-8-16(13-15)23-19(26)11-12-24-17-9-4-5-10-18(17)28-21(2,3)20(24)27/h4-10,13H,11-12H2,1-3H3,(H,22,25)(H,23,26). The van der Waals surface area contributed by atoms with E-state index < -0.39 is 5.60 Å². The second-order valence-electron chi connectivity index (χ2n) is 7.10. The lowest BCUT2D eigenvalue weighted by Crippen LogP contribution is -2.53. The maximum Gasteiger partial charge on any atom is 0.270 e. The normalized spacial score (nSPS) is 14.7. The van der Waals surface area contributed by atoms with Crippen LogP contribution in [0.5, 0.6) is 5.75 Å². The highest BCUT2D eigenvalue weighted by molar-refractivity contribution is 6.03. The van der Waals surface area contributed by atoms with Gasteiger partial charge in [-0.1, -0.05) is 18.2 Å². The zero-order valence-electron chi connectivity index (χ0n) is 16.1. The molecule has 28 heavy (non-hydrogen) atoms. The lowest BCUT2D eigenvalue weighted by atomic mass is 10.0. The maximum absolute atomic E-state index is 12.8. The fourth-order valence-corrected chi connectivity index (χ4v) is 3.06. The van der Waals surface area contributed by atoms with Gasteiger partial charge in [-0.3, -0.25) is 14.4 Å². The predicted octanol–water partition coefficient (Wildman–Crippen LogP) is 3.18. The molecule has 0 saturated heterocycles. The molecule has 1 aliphatic heterocycles. The molecule has 0 atom stereocenters. The average Bonchev–Trinajstić information content (AvgIpc) is 2.61. The molecule has 3 rings (SSSR count). The van der Waals surface area contributed by atoms with Crippen LogP contribution in [-0.4, -0.2) is 29.9 Å². The Morgan fingerprint density at radius 3 is 2.43 bits per heavy atom. The molecule has 0 bridgehead atoms. The second-order valence-corrected chi connectivity index (χ2v) is 7.10. The molecule has 0 saturated carbocycles. The molecule has 7 nitrogen and oxygen atoms in total. The lowest BCUT2D eigenvalue weighted by Gasteiger charge is -2.38. The minimum absolute atomic E-state index is 0.126. The Labute approximate surface area is 163 Å². The van der Waals surface area contributed by atoms with Crippen molar-refractivity contribution in [2.75, 3.05) is 22.1 Å². The Kier molecular flexibility index (Phi) is 5.35. The Morgan fingerprint density at radius 2 is 1.71 bits per heavy atom. The van der Waals surface area contributed by atoms with Gasteiger partial charge in [-0.15, -0.1) is 0 Å². The number of para-hydroxylation sites is 2. The lowest BCUT2D eigenvalue weighted by molar-refractivity contribution is -0.132. The first kappa shape index (κ1) is 19.4. The molecule has 2 aromatic rings. The van der Waals surface area contributed by atoms with Crippen molar-refractivity contribution in [2.45, 2.75) is 32.8 Å². The molecule has 0 radical (unpaired) electrons. The number of amides is 3. The Bertz CT molecular complexity index is 923. The van der Waals surface area contributed by atoms with Gasteiger partial charge in [-0.25, -0.2) is 0 Å². The molecule has 146 valence electrons. The summed E-state index contributed by atoms with van der Waals surface area (Å²) in [6, 6.07) is 14.2.